The average Bonchev–Trinajstić information content (AvgIpc) is 2.86. The van der Waals surface area contributed by atoms with Crippen molar-refractivity contribution < 1.29 is 14.7 Å². The van der Waals surface area contributed by atoms with E-state index in [4.69, 9.17) is 5.11 Å². The lowest BCUT2D eigenvalue weighted by atomic mass is 9.87. The van der Waals surface area contributed by atoms with E-state index in [1.54, 1.807) is 18.2 Å². The maximum absolute atomic E-state index is 12.1. The summed E-state index contributed by atoms with van der Waals surface area (Å²) in [5.41, 5.74) is 1.75. The Balaban J connectivity index is 2.11. The number of thiophene rings is 1. The summed E-state index contributed by atoms with van der Waals surface area (Å²) in [6.45, 7) is 6.34. The van der Waals surface area contributed by atoms with E-state index in [9.17, 15) is 9.59 Å². The van der Waals surface area contributed by atoms with E-state index in [2.05, 4.69) is 26.1 Å². The molecular formula is C16H17NO3S. The number of anilines is 1. The van der Waals surface area contributed by atoms with Crippen molar-refractivity contribution in [2.24, 2.45) is 0 Å². The first-order valence-electron chi connectivity index (χ1n) is 6.52. The van der Waals surface area contributed by atoms with Gasteiger partial charge in [-0.05, 0) is 35.2 Å². The maximum Gasteiger partial charge on any atom is 0.345 e. The molecule has 5 heteroatoms. The van der Waals surface area contributed by atoms with Crippen molar-refractivity contribution in [2.45, 2.75) is 26.2 Å². The fourth-order valence-corrected chi connectivity index (χ4v) is 2.57. The van der Waals surface area contributed by atoms with Gasteiger partial charge in [0.2, 0.25) is 0 Å². The second-order valence-corrected chi connectivity index (χ2v) is 6.83. The fraction of sp³-hybridized carbons (Fsp3) is 0.250. The second kappa shape index (κ2) is 5.69. The van der Waals surface area contributed by atoms with Gasteiger partial charge in [-0.15, -0.1) is 11.3 Å². The Morgan fingerprint density at radius 2 is 1.67 bits per heavy atom. The summed E-state index contributed by atoms with van der Waals surface area (Å²) >= 11 is 1.04. The molecule has 2 rings (SSSR count). The van der Waals surface area contributed by atoms with E-state index >= 15 is 0 Å². The zero-order valence-electron chi connectivity index (χ0n) is 12.1. The van der Waals surface area contributed by atoms with Crippen molar-refractivity contribution in [3.05, 3.63) is 52.4 Å². The molecule has 1 heterocycles. The van der Waals surface area contributed by atoms with Gasteiger partial charge < -0.3 is 10.4 Å². The lowest BCUT2D eigenvalue weighted by molar-refractivity contribution is 0.0702. The molecule has 110 valence electrons. The van der Waals surface area contributed by atoms with E-state index in [1.165, 1.54) is 6.07 Å². The third-order valence-electron chi connectivity index (χ3n) is 3.07. The minimum atomic E-state index is -0.991. The number of benzene rings is 1. The number of hydrogen-bond acceptors (Lipinski definition) is 3. The molecule has 1 amide bonds. The van der Waals surface area contributed by atoms with Crippen molar-refractivity contribution in [1.82, 2.24) is 0 Å². The summed E-state index contributed by atoms with van der Waals surface area (Å²) in [6, 6.07) is 10.5. The molecule has 0 aliphatic heterocycles. The predicted octanol–water partition coefficient (Wildman–Crippen LogP) is 4.00. The summed E-state index contributed by atoms with van der Waals surface area (Å²) in [5.74, 6) is -1.23. The van der Waals surface area contributed by atoms with Gasteiger partial charge in [0.25, 0.3) is 5.91 Å². The van der Waals surface area contributed by atoms with Crippen molar-refractivity contribution in [1.29, 1.82) is 0 Å². The summed E-state index contributed by atoms with van der Waals surface area (Å²) in [6.07, 6.45) is 0. The molecule has 21 heavy (non-hydrogen) atoms. The van der Waals surface area contributed by atoms with Crippen LogP contribution >= 0.6 is 11.3 Å². The van der Waals surface area contributed by atoms with Gasteiger partial charge in [0.1, 0.15) is 4.88 Å². The number of carboxylic acid groups (broad SMARTS) is 1. The molecule has 0 aliphatic rings. The SMILES string of the molecule is CC(C)(C)c1ccc(C(=O)Nc2ccc(C(=O)O)s2)cc1. The highest BCUT2D eigenvalue weighted by molar-refractivity contribution is 7.18. The summed E-state index contributed by atoms with van der Waals surface area (Å²) in [7, 11) is 0. The third kappa shape index (κ3) is 3.70. The van der Waals surface area contributed by atoms with Crippen molar-refractivity contribution in [3.63, 3.8) is 0 Å². The number of rotatable bonds is 3. The normalized spacial score (nSPS) is 11.2. The first-order valence-corrected chi connectivity index (χ1v) is 7.34. The Kier molecular flexibility index (Phi) is 4.14. The minimum Gasteiger partial charge on any atom is -0.477 e. The van der Waals surface area contributed by atoms with Crippen LogP contribution in [-0.4, -0.2) is 17.0 Å². The van der Waals surface area contributed by atoms with E-state index in [0.29, 0.717) is 10.6 Å². The molecule has 0 bridgehead atoms. The van der Waals surface area contributed by atoms with Crippen molar-refractivity contribution in [2.75, 3.05) is 5.32 Å². The molecule has 1 aromatic heterocycles. The van der Waals surface area contributed by atoms with E-state index in [1.807, 2.05) is 12.1 Å². The quantitative estimate of drug-likeness (QED) is 0.900. The van der Waals surface area contributed by atoms with Crippen LogP contribution in [0.2, 0.25) is 0 Å². The molecule has 0 saturated heterocycles. The monoisotopic (exact) mass is 303 g/mol. The molecule has 0 aliphatic carbocycles. The van der Waals surface area contributed by atoms with Crippen LogP contribution in [0.3, 0.4) is 0 Å². The van der Waals surface area contributed by atoms with Gasteiger partial charge in [-0.3, -0.25) is 4.79 Å². The van der Waals surface area contributed by atoms with Crippen LogP contribution in [-0.2, 0) is 5.41 Å². The molecular weight excluding hydrogens is 286 g/mol. The van der Waals surface area contributed by atoms with Crippen LogP contribution < -0.4 is 5.32 Å². The zero-order valence-corrected chi connectivity index (χ0v) is 13.0. The van der Waals surface area contributed by atoms with Crippen LogP contribution in [0.25, 0.3) is 0 Å². The van der Waals surface area contributed by atoms with Crippen LogP contribution in [0.4, 0.5) is 5.00 Å². The summed E-state index contributed by atoms with van der Waals surface area (Å²) < 4.78 is 0. The Labute approximate surface area is 127 Å². The number of nitrogens with one attached hydrogen (secondary N) is 1. The second-order valence-electron chi connectivity index (χ2n) is 5.75. The third-order valence-corrected chi connectivity index (χ3v) is 4.06. The molecule has 0 spiro atoms. The maximum atomic E-state index is 12.1. The van der Waals surface area contributed by atoms with Crippen LogP contribution in [0, 0.1) is 0 Å². The molecule has 2 N–H and O–H groups in total. The highest BCUT2D eigenvalue weighted by Gasteiger charge is 2.15. The average molecular weight is 303 g/mol. The molecule has 0 fully saturated rings. The lowest BCUT2D eigenvalue weighted by Gasteiger charge is -2.18. The van der Waals surface area contributed by atoms with Crippen LogP contribution in [0.5, 0.6) is 0 Å². The molecule has 1 aromatic carbocycles. The zero-order chi connectivity index (χ0) is 15.6. The van der Waals surface area contributed by atoms with E-state index in [-0.39, 0.29) is 16.2 Å². The van der Waals surface area contributed by atoms with Crippen LogP contribution in [0.15, 0.2) is 36.4 Å². The number of amides is 1. The highest BCUT2D eigenvalue weighted by atomic mass is 32.1. The van der Waals surface area contributed by atoms with Gasteiger partial charge in [0.05, 0.1) is 5.00 Å². The molecule has 0 atom stereocenters. The number of carboxylic acids is 1. The first-order chi connectivity index (χ1) is 9.77. The number of aromatic carboxylic acids is 1. The molecule has 2 aromatic rings. The Morgan fingerprint density at radius 1 is 1.05 bits per heavy atom. The van der Waals surface area contributed by atoms with Gasteiger partial charge in [-0.1, -0.05) is 32.9 Å². The van der Waals surface area contributed by atoms with Gasteiger partial charge in [-0.25, -0.2) is 4.79 Å². The minimum absolute atomic E-state index is 0.0408. The van der Waals surface area contributed by atoms with Crippen LogP contribution in [0.1, 0.15) is 46.4 Å². The molecule has 0 unspecified atom stereocenters. The van der Waals surface area contributed by atoms with E-state index < -0.39 is 5.97 Å². The van der Waals surface area contributed by atoms with E-state index in [0.717, 1.165) is 16.9 Å². The smallest absolute Gasteiger partial charge is 0.345 e. The predicted molar refractivity (Wildman–Crippen MR) is 84.4 cm³/mol. The van der Waals surface area contributed by atoms with Gasteiger partial charge in [0.15, 0.2) is 0 Å². The fourth-order valence-electron chi connectivity index (χ4n) is 1.83. The Morgan fingerprint density at radius 3 is 2.14 bits per heavy atom. The topological polar surface area (TPSA) is 66.4 Å². The molecule has 0 radical (unpaired) electrons. The first kappa shape index (κ1) is 15.3. The number of hydrogen-bond donors (Lipinski definition) is 2. The molecule has 4 nitrogen and oxygen atoms in total. The summed E-state index contributed by atoms with van der Waals surface area (Å²) in [5, 5.41) is 12.1. The largest absolute Gasteiger partial charge is 0.477 e. The Hall–Kier alpha value is -2.14. The Bertz CT molecular complexity index is 666. The van der Waals surface area contributed by atoms with Gasteiger partial charge in [-0.2, -0.15) is 0 Å². The lowest BCUT2D eigenvalue weighted by Crippen LogP contribution is -2.13. The molecule has 0 saturated carbocycles. The standard InChI is InChI=1S/C16H17NO3S/c1-16(2,3)11-6-4-10(5-7-11)14(18)17-13-9-8-12(21-13)15(19)20/h4-9H,1-3H3,(H,17,18)(H,19,20). The van der Waals surface area contributed by atoms with Crippen molar-refractivity contribution in [3.8, 4) is 0 Å². The summed E-state index contributed by atoms with van der Waals surface area (Å²) in [4.78, 5) is 23.1. The number of carbonyl (C=O) groups is 2. The van der Waals surface area contributed by atoms with Crippen molar-refractivity contribution >= 4 is 28.2 Å². The highest BCUT2D eigenvalue weighted by Crippen LogP contribution is 2.24. The number of carbonyl (C=O) groups excluding carboxylic acids is 1. The van der Waals surface area contributed by atoms with Gasteiger partial charge in [0, 0.05) is 5.56 Å². The van der Waals surface area contributed by atoms with Gasteiger partial charge >= 0.3 is 5.97 Å².